The lowest BCUT2D eigenvalue weighted by Gasteiger charge is -2.23. The summed E-state index contributed by atoms with van der Waals surface area (Å²) in [6.07, 6.45) is 7.12. The van der Waals surface area contributed by atoms with Gasteiger partial charge >= 0.3 is 0 Å². The van der Waals surface area contributed by atoms with Crippen molar-refractivity contribution in [1.82, 2.24) is 0 Å². The fourth-order valence-electron chi connectivity index (χ4n) is 3.18. The van der Waals surface area contributed by atoms with Crippen LogP contribution < -0.4 is 0 Å². The van der Waals surface area contributed by atoms with Crippen LogP contribution in [0.3, 0.4) is 0 Å². The van der Waals surface area contributed by atoms with E-state index in [1.807, 2.05) is 0 Å². The van der Waals surface area contributed by atoms with Crippen LogP contribution in [0.5, 0.6) is 0 Å². The molecule has 2 atom stereocenters. The second-order valence-electron chi connectivity index (χ2n) is 7.53. The molecule has 0 aromatic heterocycles. The van der Waals surface area contributed by atoms with Gasteiger partial charge in [0.1, 0.15) is 0 Å². The van der Waals surface area contributed by atoms with Crippen molar-refractivity contribution >= 4 is 0 Å². The summed E-state index contributed by atoms with van der Waals surface area (Å²) in [6, 6.07) is 9.20. The first-order chi connectivity index (χ1) is 9.01. The van der Waals surface area contributed by atoms with Gasteiger partial charge in [0.25, 0.3) is 0 Å². The Balaban J connectivity index is 1.60. The second kappa shape index (κ2) is 4.94. The molecular weight excluding hydrogens is 232 g/mol. The van der Waals surface area contributed by atoms with Gasteiger partial charge in [-0.2, -0.15) is 0 Å². The molecule has 0 unspecified atom stereocenters. The standard InChI is InChI=1S/C18H26O/c1-18(2,3)12-16-10-11-17(19-16)15-8-6-14(7-9-15)13-4-5-13/h6-9,13,16-17H,4-5,10-12H2,1-3H3/t16-,17+/m0/s1. The van der Waals surface area contributed by atoms with E-state index < -0.39 is 0 Å². The van der Waals surface area contributed by atoms with Gasteiger partial charge in [-0.15, -0.1) is 0 Å². The quantitative estimate of drug-likeness (QED) is 0.722. The summed E-state index contributed by atoms with van der Waals surface area (Å²) >= 11 is 0. The Kier molecular flexibility index (Phi) is 3.42. The number of ether oxygens (including phenoxy) is 1. The lowest BCUT2D eigenvalue weighted by Crippen LogP contribution is -2.17. The minimum Gasteiger partial charge on any atom is -0.370 e. The van der Waals surface area contributed by atoms with E-state index in [-0.39, 0.29) is 0 Å². The van der Waals surface area contributed by atoms with Crippen molar-refractivity contribution in [3.05, 3.63) is 35.4 Å². The highest BCUT2D eigenvalue weighted by atomic mass is 16.5. The fourth-order valence-corrected chi connectivity index (χ4v) is 3.18. The number of hydrogen-bond donors (Lipinski definition) is 0. The van der Waals surface area contributed by atoms with E-state index in [4.69, 9.17) is 4.74 Å². The normalized spacial score (nSPS) is 27.7. The molecule has 3 rings (SSSR count). The van der Waals surface area contributed by atoms with Gasteiger partial charge in [-0.3, -0.25) is 0 Å². The Morgan fingerprint density at radius 3 is 2.16 bits per heavy atom. The van der Waals surface area contributed by atoms with E-state index in [0.29, 0.717) is 17.6 Å². The minimum absolute atomic E-state index is 0.334. The van der Waals surface area contributed by atoms with Crippen LogP contribution in [-0.4, -0.2) is 6.10 Å². The predicted octanol–water partition coefficient (Wildman–Crippen LogP) is 5.22. The van der Waals surface area contributed by atoms with Crippen LogP contribution in [0, 0.1) is 5.41 Å². The molecule has 1 saturated carbocycles. The van der Waals surface area contributed by atoms with E-state index in [9.17, 15) is 0 Å². The third-order valence-electron chi connectivity index (χ3n) is 4.30. The molecule has 2 fully saturated rings. The molecule has 2 aliphatic rings. The zero-order valence-electron chi connectivity index (χ0n) is 12.5. The average molecular weight is 258 g/mol. The van der Waals surface area contributed by atoms with Crippen molar-refractivity contribution in [1.29, 1.82) is 0 Å². The molecule has 0 amide bonds. The van der Waals surface area contributed by atoms with Crippen molar-refractivity contribution in [2.24, 2.45) is 5.41 Å². The molecule has 1 aromatic carbocycles. The molecule has 0 spiro atoms. The Morgan fingerprint density at radius 2 is 1.58 bits per heavy atom. The van der Waals surface area contributed by atoms with Gasteiger partial charge in [0, 0.05) is 0 Å². The highest BCUT2D eigenvalue weighted by molar-refractivity contribution is 5.29. The predicted molar refractivity (Wildman–Crippen MR) is 79.3 cm³/mol. The zero-order chi connectivity index (χ0) is 13.5. The third-order valence-corrected chi connectivity index (χ3v) is 4.30. The summed E-state index contributed by atoms with van der Waals surface area (Å²) in [4.78, 5) is 0. The molecule has 1 aliphatic heterocycles. The largest absolute Gasteiger partial charge is 0.370 e. The summed E-state index contributed by atoms with van der Waals surface area (Å²) in [5.74, 6) is 0.854. The molecule has 1 heteroatoms. The van der Waals surface area contributed by atoms with E-state index in [0.717, 1.165) is 5.92 Å². The van der Waals surface area contributed by atoms with E-state index in [1.165, 1.54) is 43.2 Å². The molecule has 0 N–H and O–H groups in total. The molecule has 0 bridgehead atoms. The molecule has 104 valence electrons. The lowest BCUT2D eigenvalue weighted by molar-refractivity contribution is 0.0219. The van der Waals surface area contributed by atoms with Crippen molar-refractivity contribution in [3.8, 4) is 0 Å². The van der Waals surface area contributed by atoms with E-state index in [2.05, 4.69) is 45.0 Å². The fraction of sp³-hybridized carbons (Fsp3) is 0.667. The van der Waals surface area contributed by atoms with E-state index >= 15 is 0 Å². The molecule has 0 radical (unpaired) electrons. The van der Waals surface area contributed by atoms with E-state index in [1.54, 1.807) is 0 Å². The van der Waals surface area contributed by atoms with Crippen molar-refractivity contribution < 1.29 is 4.74 Å². The van der Waals surface area contributed by atoms with Crippen LogP contribution in [0.15, 0.2) is 24.3 Å². The summed E-state index contributed by atoms with van der Waals surface area (Å²) in [6.45, 7) is 6.90. The van der Waals surface area contributed by atoms with Crippen LogP contribution >= 0.6 is 0 Å². The smallest absolute Gasteiger partial charge is 0.0829 e. The van der Waals surface area contributed by atoms with Crippen LogP contribution in [0.4, 0.5) is 0 Å². The number of hydrogen-bond acceptors (Lipinski definition) is 1. The topological polar surface area (TPSA) is 9.23 Å². The van der Waals surface area contributed by atoms with Crippen LogP contribution in [0.25, 0.3) is 0 Å². The number of rotatable bonds is 3. The molecular formula is C18H26O. The Morgan fingerprint density at radius 1 is 0.947 bits per heavy atom. The Hall–Kier alpha value is -0.820. The average Bonchev–Trinajstić information content (AvgIpc) is 3.09. The maximum absolute atomic E-state index is 6.24. The summed E-state index contributed by atoms with van der Waals surface area (Å²) < 4.78 is 6.24. The highest BCUT2D eigenvalue weighted by Gasteiger charge is 2.30. The van der Waals surface area contributed by atoms with Gasteiger partial charge in [-0.05, 0) is 54.6 Å². The molecule has 1 saturated heterocycles. The first kappa shape index (κ1) is 13.2. The first-order valence-corrected chi connectivity index (χ1v) is 7.76. The maximum Gasteiger partial charge on any atom is 0.0829 e. The van der Waals surface area contributed by atoms with Crippen molar-refractivity contribution in [3.63, 3.8) is 0 Å². The first-order valence-electron chi connectivity index (χ1n) is 7.76. The van der Waals surface area contributed by atoms with Gasteiger partial charge in [0.05, 0.1) is 12.2 Å². The second-order valence-corrected chi connectivity index (χ2v) is 7.53. The SMILES string of the molecule is CC(C)(C)C[C@@H]1CC[C@H](c2ccc(C3CC3)cc2)O1. The van der Waals surface area contributed by atoms with Gasteiger partial charge in [0.2, 0.25) is 0 Å². The molecule has 1 aromatic rings. The zero-order valence-corrected chi connectivity index (χ0v) is 12.5. The van der Waals surface area contributed by atoms with Crippen molar-refractivity contribution in [2.45, 2.75) is 71.0 Å². The van der Waals surface area contributed by atoms with Gasteiger partial charge in [0.15, 0.2) is 0 Å². The highest BCUT2D eigenvalue weighted by Crippen LogP contribution is 2.41. The summed E-state index contributed by atoms with van der Waals surface area (Å²) in [5, 5.41) is 0. The third kappa shape index (κ3) is 3.39. The van der Waals surface area contributed by atoms with Crippen LogP contribution in [0.2, 0.25) is 0 Å². The molecule has 1 nitrogen and oxygen atoms in total. The summed E-state index contributed by atoms with van der Waals surface area (Å²) in [5.41, 5.74) is 3.27. The van der Waals surface area contributed by atoms with Crippen LogP contribution in [0.1, 0.15) is 76.0 Å². The monoisotopic (exact) mass is 258 g/mol. The summed E-state index contributed by atoms with van der Waals surface area (Å²) in [7, 11) is 0. The van der Waals surface area contributed by atoms with Crippen LogP contribution in [-0.2, 0) is 4.74 Å². The molecule has 1 aliphatic carbocycles. The van der Waals surface area contributed by atoms with Gasteiger partial charge in [-0.1, -0.05) is 45.0 Å². The van der Waals surface area contributed by atoms with Crippen molar-refractivity contribution in [2.75, 3.05) is 0 Å². The minimum atomic E-state index is 0.334. The van der Waals surface area contributed by atoms with Gasteiger partial charge in [-0.25, -0.2) is 0 Å². The lowest BCUT2D eigenvalue weighted by atomic mass is 9.88. The Labute approximate surface area is 117 Å². The maximum atomic E-state index is 6.24. The number of benzene rings is 1. The van der Waals surface area contributed by atoms with Gasteiger partial charge < -0.3 is 4.74 Å². The molecule has 19 heavy (non-hydrogen) atoms. The molecule has 1 heterocycles. The Bertz CT molecular complexity index is 422.